The molecule has 1 amide bonds. The van der Waals surface area contributed by atoms with E-state index < -0.39 is 0 Å². The first-order valence-corrected chi connectivity index (χ1v) is 8.09. The van der Waals surface area contributed by atoms with Crippen molar-refractivity contribution in [1.29, 1.82) is 0 Å². The van der Waals surface area contributed by atoms with E-state index >= 15 is 0 Å². The summed E-state index contributed by atoms with van der Waals surface area (Å²) in [6.07, 6.45) is 1.69. The molecule has 0 saturated heterocycles. The van der Waals surface area contributed by atoms with Gasteiger partial charge in [-0.05, 0) is 24.5 Å². The van der Waals surface area contributed by atoms with Crippen LogP contribution < -0.4 is 4.90 Å². The topological polar surface area (TPSA) is 46.1 Å². The smallest absolute Gasteiger partial charge is 0.237 e. The summed E-state index contributed by atoms with van der Waals surface area (Å²) >= 11 is 2.74. The zero-order valence-electron chi connectivity index (χ0n) is 10.6. The van der Waals surface area contributed by atoms with Gasteiger partial charge in [0.1, 0.15) is 11.3 Å². The first kappa shape index (κ1) is 13.5. The van der Waals surface area contributed by atoms with Gasteiger partial charge in [-0.3, -0.25) is 4.79 Å². The van der Waals surface area contributed by atoms with E-state index in [1.165, 1.54) is 29.2 Å². The second kappa shape index (κ2) is 5.88. The third-order valence-corrected chi connectivity index (χ3v) is 4.97. The predicted octanol–water partition coefficient (Wildman–Crippen LogP) is 2.75. The average Bonchev–Trinajstić information content (AvgIpc) is 2.98. The second-order valence-electron chi connectivity index (χ2n) is 4.39. The molecule has 1 aromatic heterocycles. The van der Waals surface area contributed by atoms with Gasteiger partial charge < -0.3 is 4.90 Å². The molecule has 20 heavy (non-hydrogen) atoms. The van der Waals surface area contributed by atoms with Crippen molar-refractivity contribution in [3.8, 4) is 0 Å². The number of hydrogen-bond donors (Lipinski definition) is 0. The van der Waals surface area contributed by atoms with E-state index in [4.69, 9.17) is 0 Å². The van der Waals surface area contributed by atoms with Crippen molar-refractivity contribution in [3.63, 3.8) is 0 Å². The fraction of sp³-hybridized carbons (Fsp3) is 0.308. The van der Waals surface area contributed by atoms with Crippen LogP contribution in [0.2, 0.25) is 0 Å². The van der Waals surface area contributed by atoms with Gasteiger partial charge in [-0.25, -0.2) is 4.39 Å². The minimum Gasteiger partial charge on any atom is -0.309 e. The molecular formula is C13H12FN3OS2. The van der Waals surface area contributed by atoms with Gasteiger partial charge >= 0.3 is 0 Å². The van der Waals surface area contributed by atoms with Crippen LogP contribution in [0.3, 0.4) is 0 Å². The second-order valence-corrected chi connectivity index (χ2v) is 6.45. The Kier molecular flexibility index (Phi) is 3.98. The summed E-state index contributed by atoms with van der Waals surface area (Å²) in [5.74, 6) is -0.157. The maximum absolute atomic E-state index is 14.0. The fourth-order valence-corrected chi connectivity index (χ4v) is 3.64. The van der Waals surface area contributed by atoms with E-state index in [1.54, 1.807) is 16.5 Å². The number of thioether (sulfide) groups is 1. The Morgan fingerprint density at radius 3 is 3.20 bits per heavy atom. The molecular weight excluding hydrogens is 297 g/mol. The van der Waals surface area contributed by atoms with Crippen LogP contribution in [0.15, 0.2) is 28.0 Å². The lowest BCUT2D eigenvalue weighted by Gasteiger charge is -2.29. The molecule has 0 saturated carbocycles. The summed E-state index contributed by atoms with van der Waals surface area (Å²) in [5, 5.41) is 7.61. The molecule has 3 rings (SSSR count). The molecule has 4 nitrogen and oxygen atoms in total. The van der Waals surface area contributed by atoms with Gasteiger partial charge in [0, 0.05) is 6.54 Å². The van der Waals surface area contributed by atoms with E-state index in [0.717, 1.165) is 22.7 Å². The highest BCUT2D eigenvalue weighted by molar-refractivity contribution is 8.01. The number of nitrogens with zero attached hydrogens (tertiary/aromatic N) is 3. The van der Waals surface area contributed by atoms with Crippen molar-refractivity contribution < 1.29 is 9.18 Å². The summed E-state index contributed by atoms with van der Waals surface area (Å²) in [7, 11) is 0. The molecule has 1 aliphatic heterocycles. The van der Waals surface area contributed by atoms with Gasteiger partial charge in [0.05, 0.1) is 11.4 Å². The van der Waals surface area contributed by atoms with Crippen LogP contribution in [0.4, 0.5) is 10.1 Å². The molecule has 2 heterocycles. The van der Waals surface area contributed by atoms with E-state index in [-0.39, 0.29) is 17.5 Å². The van der Waals surface area contributed by atoms with Gasteiger partial charge in [-0.2, -0.15) is 0 Å². The van der Waals surface area contributed by atoms with Crippen molar-refractivity contribution in [3.05, 3.63) is 35.1 Å². The average molecular weight is 309 g/mol. The van der Waals surface area contributed by atoms with Crippen LogP contribution in [0.1, 0.15) is 12.0 Å². The first-order valence-electron chi connectivity index (χ1n) is 6.22. The number of carbonyl (C=O) groups excluding carboxylic acids is 1. The third-order valence-electron chi connectivity index (χ3n) is 3.13. The normalized spacial score (nSPS) is 14.2. The number of anilines is 1. The molecule has 7 heteroatoms. The SMILES string of the molecule is O=C(CSc1nncs1)N1CCCc2cccc(F)c21. The molecule has 0 bridgehead atoms. The number of carbonyl (C=O) groups is 1. The molecule has 0 aliphatic carbocycles. The van der Waals surface area contributed by atoms with Crippen LogP contribution >= 0.6 is 23.1 Å². The van der Waals surface area contributed by atoms with Gasteiger partial charge in [0.15, 0.2) is 4.34 Å². The molecule has 2 aromatic rings. The van der Waals surface area contributed by atoms with E-state index in [0.29, 0.717) is 12.2 Å². The molecule has 1 aromatic carbocycles. The van der Waals surface area contributed by atoms with E-state index in [9.17, 15) is 9.18 Å². The summed E-state index contributed by atoms with van der Waals surface area (Å²) in [4.78, 5) is 13.9. The number of halogens is 1. The maximum atomic E-state index is 14.0. The summed E-state index contributed by atoms with van der Waals surface area (Å²) in [6.45, 7) is 0.573. The van der Waals surface area contributed by atoms with Crippen molar-refractivity contribution in [2.75, 3.05) is 17.2 Å². The molecule has 0 unspecified atom stereocenters. The fourth-order valence-electron chi connectivity index (χ4n) is 2.28. The Morgan fingerprint density at radius 1 is 1.50 bits per heavy atom. The Morgan fingerprint density at radius 2 is 2.40 bits per heavy atom. The van der Waals surface area contributed by atoms with Gasteiger partial charge in [0.25, 0.3) is 0 Å². The number of amides is 1. The number of hydrogen-bond acceptors (Lipinski definition) is 5. The van der Waals surface area contributed by atoms with Crippen LogP contribution in [-0.2, 0) is 11.2 Å². The number of benzene rings is 1. The minimum absolute atomic E-state index is 0.0868. The standard InChI is InChI=1S/C13H12FN3OS2/c14-10-5-1-3-9-4-2-6-17(12(9)10)11(18)7-19-13-16-15-8-20-13/h1,3,5,8H,2,4,6-7H2. The quantitative estimate of drug-likeness (QED) is 0.818. The highest BCUT2D eigenvalue weighted by Gasteiger charge is 2.25. The van der Waals surface area contributed by atoms with Crippen molar-refractivity contribution >= 4 is 34.7 Å². The molecule has 0 radical (unpaired) electrons. The Labute approximate surface area is 124 Å². The van der Waals surface area contributed by atoms with Crippen LogP contribution in [0, 0.1) is 5.82 Å². The molecule has 0 N–H and O–H groups in total. The molecule has 0 atom stereocenters. The lowest BCUT2D eigenvalue weighted by atomic mass is 10.0. The predicted molar refractivity (Wildman–Crippen MR) is 77.7 cm³/mol. The van der Waals surface area contributed by atoms with Crippen molar-refractivity contribution in [1.82, 2.24) is 10.2 Å². The maximum Gasteiger partial charge on any atom is 0.237 e. The Hall–Kier alpha value is -1.47. The first-order chi connectivity index (χ1) is 9.75. The van der Waals surface area contributed by atoms with Gasteiger partial charge in [-0.15, -0.1) is 10.2 Å². The molecule has 1 aliphatic rings. The van der Waals surface area contributed by atoms with Crippen LogP contribution in [0.5, 0.6) is 0 Å². The largest absolute Gasteiger partial charge is 0.309 e. The summed E-state index contributed by atoms with van der Waals surface area (Å²) < 4.78 is 14.7. The van der Waals surface area contributed by atoms with E-state index in [2.05, 4.69) is 10.2 Å². The number of rotatable bonds is 3. The van der Waals surface area contributed by atoms with Crippen molar-refractivity contribution in [2.45, 2.75) is 17.2 Å². The zero-order valence-corrected chi connectivity index (χ0v) is 12.2. The Balaban J connectivity index is 1.76. The molecule has 0 spiro atoms. The lowest BCUT2D eigenvalue weighted by Crippen LogP contribution is -2.37. The van der Waals surface area contributed by atoms with Gasteiger partial charge in [-0.1, -0.05) is 35.2 Å². The van der Waals surface area contributed by atoms with Gasteiger partial charge in [0.2, 0.25) is 5.91 Å². The monoisotopic (exact) mass is 309 g/mol. The summed E-state index contributed by atoms with van der Waals surface area (Å²) in [6, 6.07) is 4.98. The number of aromatic nitrogens is 2. The third kappa shape index (κ3) is 2.69. The van der Waals surface area contributed by atoms with Crippen molar-refractivity contribution in [2.24, 2.45) is 0 Å². The lowest BCUT2D eigenvalue weighted by molar-refractivity contribution is -0.116. The Bertz CT molecular complexity index is 618. The van der Waals surface area contributed by atoms with E-state index in [1.807, 2.05) is 6.07 Å². The summed E-state index contributed by atoms with van der Waals surface area (Å²) in [5.41, 5.74) is 2.98. The molecule has 104 valence electrons. The zero-order chi connectivity index (χ0) is 13.9. The minimum atomic E-state index is -0.323. The highest BCUT2D eigenvalue weighted by atomic mass is 32.2. The van der Waals surface area contributed by atoms with Crippen LogP contribution in [0.25, 0.3) is 0 Å². The number of para-hydroxylation sites is 1. The van der Waals surface area contributed by atoms with Crippen LogP contribution in [-0.4, -0.2) is 28.4 Å². The number of aryl methyl sites for hydroxylation is 1. The number of fused-ring (bicyclic) bond motifs is 1. The molecule has 0 fully saturated rings. The highest BCUT2D eigenvalue weighted by Crippen LogP contribution is 2.31.